The zero-order valence-corrected chi connectivity index (χ0v) is 12.3. The highest BCUT2D eigenvalue weighted by molar-refractivity contribution is 7.90. The Kier molecular flexibility index (Phi) is 3.41. The monoisotopic (exact) mass is 300 g/mol. The highest BCUT2D eigenvalue weighted by Crippen LogP contribution is 2.44. The topological polar surface area (TPSA) is 89.9 Å². The van der Waals surface area contributed by atoms with Gasteiger partial charge in [0.1, 0.15) is 4.90 Å². The molecule has 110 valence electrons. The predicted octanol–water partition coefficient (Wildman–Crippen LogP) is 1.57. The van der Waals surface area contributed by atoms with Gasteiger partial charge in [-0.2, -0.15) is 0 Å². The summed E-state index contributed by atoms with van der Waals surface area (Å²) in [6.07, 6.45) is 0.889. The van der Waals surface area contributed by atoms with Gasteiger partial charge in [0.15, 0.2) is 21.3 Å². The lowest BCUT2D eigenvalue weighted by atomic mass is 9.81. The van der Waals surface area contributed by atoms with Crippen molar-refractivity contribution in [2.24, 2.45) is 0 Å². The smallest absolute Gasteiger partial charge is 0.304 e. The van der Waals surface area contributed by atoms with Gasteiger partial charge in [-0.25, -0.2) is 8.42 Å². The van der Waals surface area contributed by atoms with E-state index in [1.807, 2.05) is 0 Å². The molecule has 0 radical (unpaired) electrons. The second-order valence-electron chi connectivity index (χ2n) is 5.40. The van der Waals surface area contributed by atoms with Crippen molar-refractivity contribution in [1.82, 2.24) is 0 Å². The Bertz CT molecular complexity index is 660. The number of carbonyl (C=O) groups is 1. The maximum Gasteiger partial charge on any atom is 0.304 e. The third-order valence-electron chi connectivity index (χ3n) is 3.19. The molecule has 0 spiro atoms. The lowest BCUT2D eigenvalue weighted by Gasteiger charge is -2.26. The molecule has 0 unspecified atom stereocenters. The minimum absolute atomic E-state index is 0.0127. The van der Waals surface area contributed by atoms with E-state index in [4.69, 9.17) is 14.6 Å². The second kappa shape index (κ2) is 4.66. The van der Waals surface area contributed by atoms with Crippen molar-refractivity contribution >= 4 is 15.8 Å². The Hall–Kier alpha value is -1.76. The maximum absolute atomic E-state index is 12.1. The summed E-state index contributed by atoms with van der Waals surface area (Å²) in [5.41, 5.74) is -0.419. The van der Waals surface area contributed by atoms with Crippen LogP contribution in [0, 0.1) is 0 Å². The fourth-order valence-electron chi connectivity index (χ4n) is 2.32. The van der Waals surface area contributed by atoms with Gasteiger partial charge in [0, 0.05) is 11.7 Å². The molecule has 1 aromatic carbocycles. The van der Waals surface area contributed by atoms with E-state index in [0.29, 0.717) is 11.3 Å². The first-order valence-corrected chi connectivity index (χ1v) is 7.87. The molecule has 0 saturated heterocycles. The predicted molar refractivity (Wildman–Crippen MR) is 71.0 cm³/mol. The summed E-state index contributed by atoms with van der Waals surface area (Å²) in [5.74, 6) is -0.462. The van der Waals surface area contributed by atoms with Crippen molar-refractivity contribution < 1.29 is 27.8 Å². The average Bonchev–Trinajstić information content (AvgIpc) is 2.71. The van der Waals surface area contributed by atoms with E-state index >= 15 is 0 Å². The molecule has 7 heteroatoms. The largest absolute Gasteiger partial charge is 0.481 e. The van der Waals surface area contributed by atoms with Gasteiger partial charge >= 0.3 is 5.97 Å². The first kappa shape index (κ1) is 14.6. The first-order chi connectivity index (χ1) is 9.13. The maximum atomic E-state index is 12.1. The van der Waals surface area contributed by atoms with Crippen LogP contribution in [0.15, 0.2) is 17.0 Å². The second-order valence-corrected chi connectivity index (χ2v) is 7.36. The minimum Gasteiger partial charge on any atom is -0.481 e. The highest BCUT2D eigenvalue weighted by atomic mass is 32.2. The minimum atomic E-state index is -3.58. The molecule has 2 rings (SSSR count). The van der Waals surface area contributed by atoms with Crippen LogP contribution in [0.2, 0.25) is 0 Å². The summed E-state index contributed by atoms with van der Waals surface area (Å²) in [6.45, 7) is 3.33. The van der Waals surface area contributed by atoms with Gasteiger partial charge in [0.2, 0.25) is 6.79 Å². The van der Waals surface area contributed by atoms with Crippen LogP contribution in [0.5, 0.6) is 11.5 Å². The summed E-state index contributed by atoms with van der Waals surface area (Å²) in [6, 6.07) is 3.20. The van der Waals surface area contributed by atoms with E-state index < -0.39 is 21.2 Å². The molecule has 0 saturated carbocycles. The Labute approximate surface area is 117 Å². The van der Waals surface area contributed by atoms with Crippen LogP contribution in [0.1, 0.15) is 25.8 Å². The van der Waals surface area contributed by atoms with Gasteiger partial charge in [-0.3, -0.25) is 4.79 Å². The fourth-order valence-corrected chi connectivity index (χ4v) is 3.56. The molecule has 0 aliphatic carbocycles. The standard InChI is InChI=1S/C13H16O6S/c1-13(2,6-10(14)15)8-4-5-9-11(19-7-18-9)12(8)20(3,16)17/h4-5H,6-7H2,1-3H3,(H,14,15). The molecule has 1 aliphatic heterocycles. The Balaban J connectivity index is 2.69. The van der Waals surface area contributed by atoms with Gasteiger partial charge in [-0.1, -0.05) is 19.9 Å². The van der Waals surface area contributed by atoms with E-state index in [2.05, 4.69) is 0 Å². The number of hydrogen-bond donors (Lipinski definition) is 1. The number of rotatable bonds is 4. The molecule has 1 aromatic rings. The number of fused-ring (bicyclic) bond motifs is 1. The van der Waals surface area contributed by atoms with Gasteiger partial charge < -0.3 is 14.6 Å². The van der Waals surface area contributed by atoms with Crippen LogP contribution in [0.25, 0.3) is 0 Å². The third-order valence-corrected chi connectivity index (χ3v) is 4.33. The normalized spacial score (nSPS) is 14.3. The third kappa shape index (κ3) is 2.58. The van der Waals surface area contributed by atoms with Crippen molar-refractivity contribution in [3.05, 3.63) is 17.7 Å². The fraction of sp³-hybridized carbons (Fsp3) is 0.462. The SMILES string of the molecule is CC(C)(CC(=O)O)c1ccc2c(c1S(C)(=O)=O)OCO2. The molecule has 1 heterocycles. The molecule has 0 atom stereocenters. The zero-order chi connectivity index (χ0) is 15.1. The van der Waals surface area contributed by atoms with Gasteiger partial charge in [-0.05, 0) is 11.6 Å². The Morgan fingerprint density at radius 1 is 1.35 bits per heavy atom. The summed E-state index contributed by atoms with van der Waals surface area (Å²) in [7, 11) is -3.58. The Morgan fingerprint density at radius 2 is 2.00 bits per heavy atom. The van der Waals surface area contributed by atoms with Crippen molar-refractivity contribution in [2.45, 2.75) is 30.6 Å². The number of carboxylic acid groups (broad SMARTS) is 1. The van der Waals surface area contributed by atoms with Crippen molar-refractivity contribution in [2.75, 3.05) is 13.0 Å². The van der Waals surface area contributed by atoms with E-state index in [1.165, 1.54) is 0 Å². The molecule has 0 fully saturated rings. The van der Waals surface area contributed by atoms with E-state index in [1.54, 1.807) is 26.0 Å². The van der Waals surface area contributed by atoms with Crippen LogP contribution in [-0.2, 0) is 20.0 Å². The van der Waals surface area contributed by atoms with Crippen LogP contribution in [0.3, 0.4) is 0 Å². The van der Waals surface area contributed by atoms with E-state index in [9.17, 15) is 13.2 Å². The lowest BCUT2D eigenvalue weighted by molar-refractivity contribution is -0.138. The molecule has 0 aromatic heterocycles. The van der Waals surface area contributed by atoms with Gasteiger partial charge in [-0.15, -0.1) is 0 Å². The van der Waals surface area contributed by atoms with Gasteiger partial charge in [0.25, 0.3) is 0 Å². The molecule has 1 N–H and O–H groups in total. The number of carboxylic acids is 1. The number of aliphatic carboxylic acids is 1. The van der Waals surface area contributed by atoms with Crippen LogP contribution < -0.4 is 9.47 Å². The van der Waals surface area contributed by atoms with Crippen LogP contribution in [-0.4, -0.2) is 32.5 Å². The van der Waals surface area contributed by atoms with E-state index in [-0.39, 0.29) is 23.9 Å². The number of ether oxygens (including phenoxy) is 2. The van der Waals surface area contributed by atoms with Gasteiger partial charge in [0.05, 0.1) is 6.42 Å². The number of benzene rings is 1. The molecular weight excluding hydrogens is 284 g/mol. The number of sulfone groups is 1. The van der Waals surface area contributed by atoms with Crippen molar-refractivity contribution in [3.8, 4) is 11.5 Å². The summed E-state index contributed by atoms with van der Waals surface area (Å²) < 4.78 is 34.6. The molecule has 0 bridgehead atoms. The number of hydrogen-bond acceptors (Lipinski definition) is 5. The summed E-state index contributed by atoms with van der Waals surface area (Å²) >= 11 is 0. The highest BCUT2D eigenvalue weighted by Gasteiger charge is 2.35. The molecule has 6 nitrogen and oxygen atoms in total. The van der Waals surface area contributed by atoms with Crippen LogP contribution >= 0.6 is 0 Å². The summed E-state index contributed by atoms with van der Waals surface area (Å²) in [4.78, 5) is 11.0. The van der Waals surface area contributed by atoms with Crippen molar-refractivity contribution in [3.63, 3.8) is 0 Å². The lowest BCUT2D eigenvalue weighted by Crippen LogP contribution is -2.24. The molecule has 0 amide bonds. The quantitative estimate of drug-likeness (QED) is 0.907. The molecule has 1 aliphatic rings. The molecule has 20 heavy (non-hydrogen) atoms. The van der Waals surface area contributed by atoms with E-state index in [0.717, 1.165) is 6.26 Å². The van der Waals surface area contributed by atoms with Crippen molar-refractivity contribution in [1.29, 1.82) is 0 Å². The molecular formula is C13H16O6S. The average molecular weight is 300 g/mol. The summed E-state index contributed by atoms with van der Waals surface area (Å²) in [5, 5.41) is 8.99. The van der Waals surface area contributed by atoms with Crippen LogP contribution in [0.4, 0.5) is 0 Å². The Morgan fingerprint density at radius 3 is 2.55 bits per heavy atom. The zero-order valence-electron chi connectivity index (χ0n) is 11.5. The first-order valence-electron chi connectivity index (χ1n) is 5.98.